The lowest BCUT2D eigenvalue weighted by Gasteiger charge is -2.20. The summed E-state index contributed by atoms with van der Waals surface area (Å²) in [6.45, 7) is 3.39. The van der Waals surface area contributed by atoms with Crippen LogP contribution >= 0.6 is 0 Å². The fourth-order valence-corrected chi connectivity index (χ4v) is 0.611. The lowest BCUT2D eigenvalue weighted by Crippen LogP contribution is -2.59. The van der Waals surface area contributed by atoms with E-state index in [9.17, 15) is 9.59 Å². The molecule has 1 atom stereocenters. The van der Waals surface area contributed by atoms with Crippen LogP contribution < -0.4 is 11.1 Å². The summed E-state index contributed by atoms with van der Waals surface area (Å²) in [6, 6.07) is 0. The predicted molar refractivity (Wildman–Crippen MR) is 49.6 cm³/mol. The van der Waals surface area contributed by atoms with Crippen molar-refractivity contribution in [3.63, 3.8) is 0 Å². The summed E-state index contributed by atoms with van der Waals surface area (Å²) >= 11 is 0. The zero-order valence-electron chi connectivity index (χ0n) is 8.37. The van der Waals surface area contributed by atoms with Gasteiger partial charge in [0.15, 0.2) is 5.66 Å². The topological polar surface area (TPSA) is 102 Å². The van der Waals surface area contributed by atoms with Crippen molar-refractivity contribution >= 4 is 12.1 Å². The number of aliphatic carboxylic acids is 1. The van der Waals surface area contributed by atoms with Gasteiger partial charge in [0.05, 0.1) is 6.61 Å². The number of nitrogens with one attached hydrogen (secondary N) is 1. The van der Waals surface area contributed by atoms with E-state index >= 15 is 0 Å². The van der Waals surface area contributed by atoms with Gasteiger partial charge in [0, 0.05) is 0 Å². The van der Waals surface area contributed by atoms with Crippen molar-refractivity contribution in [1.82, 2.24) is 5.32 Å². The van der Waals surface area contributed by atoms with Crippen molar-refractivity contribution in [2.75, 3.05) is 6.61 Å². The fraction of sp³-hybridized carbons (Fsp3) is 0.750. The molecule has 0 aromatic heterocycles. The Kier molecular flexibility index (Phi) is 4.93. The molecule has 6 nitrogen and oxygen atoms in total. The number of unbranched alkanes of at least 4 members (excludes halogenated alkanes) is 1. The zero-order valence-corrected chi connectivity index (χ0v) is 8.37. The van der Waals surface area contributed by atoms with E-state index in [4.69, 9.17) is 10.8 Å². The van der Waals surface area contributed by atoms with Crippen LogP contribution in [-0.2, 0) is 9.53 Å². The highest BCUT2D eigenvalue weighted by Gasteiger charge is 2.30. The van der Waals surface area contributed by atoms with E-state index in [0.717, 1.165) is 12.8 Å². The molecular formula is C8H16N2O4. The maximum Gasteiger partial charge on any atom is 0.409 e. The van der Waals surface area contributed by atoms with E-state index < -0.39 is 17.7 Å². The first-order chi connectivity index (χ1) is 6.40. The molecule has 4 N–H and O–H groups in total. The maximum atomic E-state index is 11.0. The number of rotatable bonds is 5. The third-order valence-electron chi connectivity index (χ3n) is 1.54. The number of nitrogens with two attached hydrogens (primary N) is 1. The van der Waals surface area contributed by atoms with E-state index in [2.05, 4.69) is 4.74 Å². The second kappa shape index (κ2) is 5.43. The number of carboxylic acids is 1. The lowest BCUT2D eigenvalue weighted by molar-refractivity contribution is -0.143. The van der Waals surface area contributed by atoms with E-state index in [1.807, 2.05) is 12.2 Å². The Bertz CT molecular complexity index is 215. The van der Waals surface area contributed by atoms with Gasteiger partial charge >= 0.3 is 12.1 Å². The number of amides is 1. The first kappa shape index (κ1) is 12.7. The molecule has 0 aromatic rings. The molecule has 0 heterocycles. The minimum atomic E-state index is -1.79. The summed E-state index contributed by atoms with van der Waals surface area (Å²) in [5.74, 6) is -1.31. The minimum Gasteiger partial charge on any atom is -0.479 e. The fourth-order valence-electron chi connectivity index (χ4n) is 0.611. The van der Waals surface area contributed by atoms with Gasteiger partial charge in [0.2, 0.25) is 0 Å². The van der Waals surface area contributed by atoms with Gasteiger partial charge in [0.25, 0.3) is 0 Å². The largest absolute Gasteiger partial charge is 0.479 e. The van der Waals surface area contributed by atoms with Crippen LogP contribution in [0.2, 0.25) is 0 Å². The molecule has 0 fully saturated rings. The average molecular weight is 204 g/mol. The van der Waals surface area contributed by atoms with E-state index in [-0.39, 0.29) is 6.61 Å². The molecule has 0 aliphatic heterocycles. The molecule has 1 amide bonds. The van der Waals surface area contributed by atoms with Crippen LogP contribution in [-0.4, -0.2) is 29.4 Å². The monoisotopic (exact) mass is 204 g/mol. The SMILES string of the molecule is CCCCOC(=O)N[C@](C)(N)C(=O)O. The summed E-state index contributed by atoms with van der Waals surface area (Å²) < 4.78 is 4.68. The Balaban J connectivity index is 3.88. The highest BCUT2D eigenvalue weighted by molar-refractivity contribution is 5.83. The summed E-state index contributed by atoms with van der Waals surface area (Å²) in [4.78, 5) is 21.5. The summed E-state index contributed by atoms with van der Waals surface area (Å²) in [7, 11) is 0. The third-order valence-corrected chi connectivity index (χ3v) is 1.54. The second-order valence-corrected chi connectivity index (χ2v) is 3.12. The highest BCUT2D eigenvalue weighted by Crippen LogP contribution is 1.95. The minimum absolute atomic E-state index is 0.262. The Morgan fingerprint density at radius 1 is 1.57 bits per heavy atom. The number of ether oxygens (including phenoxy) is 1. The molecule has 82 valence electrons. The van der Waals surface area contributed by atoms with Gasteiger partial charge in [-0.25, -0.2) is 9.59 Å². The van der Waals surface area contributed by atoms with Gasteiger partial charge in [0.1, 0.15) is 0 Å². The van der Waals surface area contributed by atoms with Crippen molar-refractivity contribution in [2.45, 2.75) is 32.4 Å². The molecule has 0 aliphatic carbocycles. The Morgan fingerprint density at radius 2 is 2.14 bits per heavy atom. The zero-order chi connectivity index (χ0) is 11.2. The standard InChI is InChI=1S/C8H16N2O4/c1-3-4-5-14-7(13)10-8(2,9)6(11)12/h3-5,9H2,1-2H3,(H,10,13)(H,11,12)/t8-/m0/s1. The number of carbonyl (C=O) groups excluding carboxylic acids is 1. The van der Waals surface area contributed by atoms with Gasteiger partial charge in [-0.05, 0) is 13.3 Å². The number of hydrogen-bond acceptors (Lipinski definition) is 4. The Hall–Kier alpha value is -1.30. The lowest BCUT2D eigenvalue weighted by atomic mass is 10.2. The number of hydrogen-bond donors (Lipinski definition) is 3. The van der Waals surface area contributed by atoms with E-state index in [1.165, 1.54) is 6.92 Å². The van der Waals surface area contributed by atoms with Crippen LogP contribution in [0.25, 0.3) is 0 Å². The normalized spacial score (nSPS) is 14.2. The summed E-state index contributed by atoms with van der Waals surface area (Å²) in [5.41, 5.74) is 3.46. The summed E-state index contributed by atoms with van der Waals surface area (Å²) in [6.07, 6.45) is 0.819. The molecule has 0 saturated heterocycles. The van der Waals surface area contributed by atoms with Crippen molar-refractivity contribution < 1.29 is 19.4 Å². The van der Waals surface area contributed by atoms with Crippen LogP contribution in [0.5, 0.6) is 0 Å². The molecule has 0 radical (unpaired) electrons. The molecule has 14 heavy (non-hydrogen) atoms. The van der Waals surface area contributed by atoms with Gasteiger partial charge in [-0.15, -0.1) is 0 Å². The van der Waals surface area contributed by atoms with Gasteiger partial charge < -0.3 is 9.84 Å². The molecule has 0 aliphatic rings. The van der Waals surface area contributed by atoms with Crippen LogP contribution in [0.1, 0.15) is 26.7 Å². The van der Waals surface area contributed by atoms with E-state index in [0.29, 0.717) is 0 Å². The van der Waals surface area contributed by atoms with Crippen molar-refractivity contribution in [2.24, 2.45) is 5.73 Å². The molecule has 0 rings (SSSR count). The number of alkyl carbamates (subject to hydrolysis) is 1. The maximum absolute atomic E-state index is 11.0. The molecule has 0 unspecified atom stereocenters. The number of carboxylic acid groups (broad SMARTS) is 1. The molecule has 0 aromatic carbocycles. The van der Waals surface area contributed by atoms with Crippen LogP contribution in [0, 0.1) is 0 Å². The van der Waals surface area contributed by atoms with Crippen LogP contribution in [0.3, 0.4) is 0 Å². The van der Waals surface area contributed by atoms with Crippen LogP contribution in [0.4, 0.5) is 4.79 Å². The van der Waals surface area contributed by atoms with E-state index in [1.54, 1.807) is 0 Å². The molecule has 0 bridgehead atoms. The smallest absolute Gasteiger partial charge is 0.409 e. The van der Waals surface area contributed by atoms with Gasteiger partial charge in [-0.1, -0.05) is 13.3 Å². The Labute approximate surface area is 82.4 Å². The average Bonchev–Trinajstić information content (AvgIpc) is 2.03. The molecular weight excluding hydrogens is 188 g/mol. The quantitative estimate of drug-likeness (QED) is 0.440. The Morgan fingerprint density at radius 3 is 2.57 bits per heavy atom. The van der Waals surface area contributed by atoms with Crippen molar-refractivity contribution in [3.05, 3.63) is 0 Å². The first-order valence-electron chi connectivity index (χ1n) is 4.37. The van der Waals surface area contributed by atoms with Crippen molar-refractivity contribution in [1.29, 1.82) is 0 Å². The molecule has 0 saturated carbocycles. The van der Waals surface area contributed by atoms with Crippen molar-refractivity contribution in [3.8, 4) is 0 Å². The predicted octanol–water partition coefficient (Wildman–Crippen LogP) is 0.272. The third kappa shape index (κ3) is 4.66. The molecule has 6 heteroatoms. The molecule has 0 spiro atoms. The van der Waals surface area contributed by atoms with Gasteiger partial charge in [-0.2, -0.15) is 0 Å². The van der Waals surface area contributed by atoms with Crippen LogP contribution in [0.15, 0.2) is 0 Å². The highest BCUT2D eigenvalue weighted by atomic mass is 16.5. The summed E-state index contributed by atoms with van der Waals surface area (Å²) in [5, 5.41) is 10.6. The first-order valence-corrected chi connectivity index (χ1v) is 4.37. The van der Waals surface area contributed by atoms with Gasteiger partial charge in [-0.3, -0.25) is 11.1 Å². The number of carbonyl (C=O) groups is 2. The second-order valence-electron chi connectivity index (χ2n) is 3.12.